The number of primary amides is 1. The number of pyridine rings is 1. The maximum Gasteiger partial charge on any atom is 0.261 e. The first-order valence-corrected chi connectivity index (χ1v) is 11.2. The minimum Gasteiger partial charge on any atom is -0.493 e. The molecule has 2 aromatic rings. The highest BCUT2D eigenvalue weighted by Gasteiger charge is 2.16. The van der Waals surface area contributed by atoms with Gasteiger partial charge in [0, 0.05) is 11.3 Å². The Morgan fingerprint density at radius 1 is 1.14 bits per heavy atom. The fourth-order valence-corrected chi connectivity index (χ4v) is 4.22. The van der Waals surface area contributed by atoms with Crippen molar-refractivity contribution in [3.63, 3.8) is 0 Å². The van der Waals surface area contributed by atoms with E-state index in [-0.39, 0.29) is 5.56 Å². The number of ether oxygens (including phenoxy) is 1. The minimum atomic E-state index is -0.732. The Morgan fingerprint density at radius 2 is 1.93 bits per heavy atom. The van der Waals surface area contributed by atoms with Crippen LogP contribution in [0.2, 0.25) is 0 Å². The number of nitrogens with one attached hydrogen (secondary N) is 1. The molecule has 1 aromatic carbocycles. The molecule has 0 atom stereocenters. The van der Waals surface area contributed by atoms with Gasteiger partial charge in [-0.2, -0.15) is 0 Å². The number of nitrogens with two attached hydrogens (primary N) is 1. The average molecular weight is 413 g/mol. The van der Waals surface area contributed by atoms with Crippen molar-refractivity contribution in [2.45, 2.75) is 38.5 Å². The fourth-order valence-electron chi connectivity index (χ4n) is 3.54. The predicted molar refractivity (Wildman–Crippen MR) is 119 cm³/mol. The molecule has 0 radical (unpaired) electrons. The molecule has 0 saturated heterocycles. The van der Waals surface area contributed by atoms with Crippen LogP contribution in [-0.4, -0.2) is 23.3 Å². The minimum absolute atomic E-state index is 0.0423. The molecular formula is C23H28N2O3S. The van der Waals surface area contributed by atoms with Gasteiger partial charge in [0.05, 0.1) is 12.3 Å². The normalized spacial score (nSPS) is 16.1. The largest absolute Gasteiger partial charge is 0.493 e. The summed E-state index contributed by atoms with van der Waals surface area (Å²) in [7, 11) is 0. The van der Waals surface area contributed by atoms with Crippen LogP contribution < -0.4 is 16.0 Å². The van der Waals surface area contributed by atoms with E-state index < -0.39 is 11.5 Å². The van der Waals surface area contributed by atoms with Gasteiger partial charge >= 0.3 is 0 Å². The van der Waals surface area contributed by atoms with Gasteiger partial charge in [0.25, 0.3) is 11.5 Å². The molecule has 29 heavy (non-hydrogen) atoms. The second-order valence-corrected chi connectivity index (χ2v) is 8.34. The molecule has 2 aliphatic rings. The molecule has 6 heteroatoms. The highest BCUT2D eigenvalue weighted by atomic mass is 32.2. The summed E-state index contributed by atoms with van der Waals surface area (Å²) in [4.78, 5) is 25.9. The van der Waals surface area contributed by atoms with Crippen LogP contribution >= 0.6 is 11.8 Å². The Kier molecular flexibility index (Phi) is 7.99. The summed E-state index contributed by atoms with van der Waals surface area (Å²) in [5.74, 6) is 1.92. The standard InChI is InChI=1S/C19H22N2O3.C4H6S/c20-18(22)15-10-11-16(21-19(15)23)14-8-4-5-9-17(14)24-12-13-6-2-1-3-7-13;1-2-4-5-3-1/h4-5,8-11,13H,1-3,6-7,12H2,(H2,20,22)(H,21,23);1,3H,2,4H2. The first-order valence-electron chi connectivity index (χ1n) is 10.2. The van der Waals surface area contributed by atoms with E-state index in [1.165, 1.54) is 50.3 Å². The van der Waals surface area contributed by atoms with Crippen LogP contribution in [0.4, 0.5) is 0 Å². The number of allylic oxidation sites excluding steroid dienone is 1. The van der Waals surface area contributed by atoms with E-state index in [9.17, 15) is 9.59 Å². The van der Waals surface area contributed by atoms with Gasteiger partial charge in [0.2, 0.25) is 0 Å². The second-order valence-electron chi connectivity index (χ2n) is 7.32. The number of amides is 1. The van der Waals surface area contributed by atoms with E-state index in [1.54, 1.807) is 6.07 Å². The zero-order valence-electron chi connectivity index (χ0n) is 16.6. The third kappa shape index (κ3) is 6.26. The van der Waals surface area contributed by atoms with Crippen LogP contribution in [-0.2, 0) is 0 Å². The summed E-state index contributed by atoms with van der Waals surface area (Å²) >= 11 is 1.89. The first kappa shape index (κ1) is 21.2. The SMILES string of the molecule is C1=CSCC1.NC(=O)c1ccc(-c2ccccc2OCC2CCCCC2)[nH]c1=O. The quantitative estimate of drug-likeness (QED) is 0.743. The second kappa shape index (κ2) is 10.9. The summed E-state index contributed by atoms with van der Waals surface area (Å²) in [6.45, 7) is 0.695. The monoisotopic (exact) mass is 412 g/mol. The number of H-pyrrole nitrogens is 1. The molecule has 154 valence electrons. The number of rotatable bonds is 5. The highest BCUT2D eigenvalue weighted by molar-refractivity contribution is 8.02. The molecule has 4 rings (SSSR count). The Balaban J connectivity index is 0.000000419. The van der Waals surface area contributed by atoms with Gasteiger partial charge in [-0.25, -0.2) is 0 Å². The number of carbonyl (C=O) groups is 1. The topological polar surface area (TPSA) is 85.2 Å². The number of carbonyl (C=O) groups excluding carboxylic acids is 1. The van der Waals surface area contributed by atoms with Crippen LogP contribution in [0.25, 0.3) is 11.3 Å². The molecule has 0 spiro atoms. The number of thioether (sulfide) groups is 1. The van der Waals surface area contributed by atoms with Crippen molar-refractivity contribution in [3.8, 4) is 17.0 Å². The van der Waals surface area contributed by atoms with Crippen LogP contribution in [0.1, 0.15) is 48.9 Å². The summed E-state index contributed by atoms with van der Waals surface area (Å²) in [5, 5.41) is 2.15. The fraction of sp³-hybridized carbons (Fsp3) is 0.391. The number of para-hydroxylation sites is 1. The first-order chi connectivity index (χ1) is 14.1. The molecule has 0 bridgehead atoms. The molecule has 1 saturated carbocycles. The lowest BCUT2D eigenvalue weighted by Crippen LogP contribution is -2.23. The summed E-state index contributed by atoms with van der Waals surface area (Å²) in [6, 6.07) is 10.7. The number of aromatic amines is 1. The van der Waals surface area contributed by atoms with Crippen molar-refractivity contribution in [1.82, 2.24) is 4.98 Å². The highest BCUT2D eigenvalue weighted by Crippen LogP contribution is 2.30. The average Bonchev–Trinajstić information content (AvgIpc) is 3.33. The van der Waals surface area contributed by atoms with E-state index in [0.29, 0.717) is 18.2 Å². The zero-order valence-corrected chi connectivity index (χ0v) is 17.4. The maximum absolute atomic E-state index is 12.0. The summed E-state index contributed by atoms with van der Waals surface area (Å²) < 4.78 is 6.03. The lowest BCUT2D eigenvalue weighted by Gasteiger charge is -2.22. The number of hydrogen-bond acceptors (Lipinski definition) is 4. The van der Waals surface area contributed by atoms with Crippen molar-refractivity contribution in [3.05, 3.63) is 63.8 Å². The van der Waals surface area contributed by atoms with E-state index in [2.05, 4.69) is 16.5 Å². The van der Waals surface area contributed by atoms with Crippen molar-refractivity contribution in [1.29, 1.82) is 0 Å². The van der Waals surface area contributed by atoms with Gasteiger partial charge in [-0.05, 0) is 54.9 Å². The van der Waals surface area contributed by atoms with Gasteiger partial charge in [-0.3, -0.25) is 9.59 Å². The molecule has 1 fully saturated rings. The molecule has 2 heterocycles. The number of hydrogen-bond donors (Lipinski definition) is 2. The van der Waals surface area contributed by atoms with Crippen LogP contribution in [0.15, 0.2) is 52.7 Å². The molecule has 1 aliphatic carbocycles. The summed E-state index contributed by atoms with van der Waals surface area (Å²) in [5.41, 5.74) is 6.08. The Labute approximate surface area is 175 Å². The molecule has 0 unspecified atom stereocenters. The van der Waals surface area contributed by atoms with Gasteiger partial charge < -0.3 is 15.5 Å². The Hall–Kier alpha value is -2.47. The number of benzene rings is 1. The predicted octanol–water partition coefficient (Wildman–Crippen LogP) is 4.74. The molecular weight excluding hydrogens is 384 g/mol. The van der Waals surface area contributed by atoms with Crippen molar-refractivity contribution < 1.29 is 9.53 Å². The lowest BCUT2D eigenvalue weighted by molar-refractivity contribution is 0.0999. The van der Waals surface area contributed by atoms with E-state index in [1.807, 2.05) is 36.0 Å². The van der Waals surface area contributed by atoms with Crippen molar-refractivity contribution >= 4 is 17.7 Å². The third-order valence-corrected chi connectivity index (χ3v) is 6.00. The van der Waals surface area contributed by atoms with Crippen LogP contribution in [0, 0.1) is 5.92 Å². The smallest absolute Gasteiger partial charge is 0.261 e. The molecule has 3 N–H and O–H groups in total. The Morgan fingerprint density at radius 3 is 2.55 bits per heavy atom. The van der Waals surface area contributed by atoms with Gasteiger partial charge in [-0.15, -0.1) is 11.8 Å². The lowest BCUT2D eigenvalue weighted by atomic mass is 9.90. The summed E-state index contributed by atoms with van der Waals surface area (Å²) in [6.07, 6.45) is 9.78. The molecule has 1 aromatic heterocycles. The molecule has 1 aliphatic heterocycles. The van der Waals surface area contributed by atoms with Crippen molar-refractivity contribution in [2.75, 3.05) is 12.4 Å². The molecule has 1 amide bonds. The zero-order chi connectivity index (χ0) is 20.5. The van der Waals surface area contributed by atoms with E-state index in [4.69, 9.17) is 10.5 Å². The number of aromatic nitrogens is 1. The molecule has 5 nitrogen and oxygen atoms in total. The third-order valence-electron chi connectivity index (χ3n) is 5.15. The van der Waals surface area contributed by atoms with E-state index in [0.717, 1.165) is 11.3 Å². The van der Waals surface area contributed by atoms with Crippen LogP contribution in [0.5, 0.6) is 5.75 Å². The van der Waals surface area contributed by atoms with Gasteiger partial charge in [0.1, 0.15) is 11.3 Å². The Bertz CT molecular complexity index is 895. The van der Waals surface area contributed by atoms with Gasteiger partial charge in [0.15, 0.2) is 0 Å². The maximum atomic E-state index is 12.0. The van der Waals surface area contributed by atoms with Gasteiger partial charge in [-0.1, -0.05) is 37.5 Å². The van der Waals surface area contributed by atoms with Crippen LogP contribution in [0.3, 0.4) is 0 Å². The van der Waals surface area contributed by atoms with Crippen molar-refractivity contribution in [2.24, 2.45) is 11.7 Å². The van der Waals surface area contributed by atoms with E-state index >= 15 is 0 Å².